The van der Waals surface area contributed by atoms with E-state index in [9.17, 15) is 18.0 Å². The Morgan fingerprint density at radius 2 is 1.67 bits per heavy atom. The fraction of sp³-hybridized carbons (Fsp3) is 0.333. The highest BCUT2D eigenvalue weighted by molar-refractivity contribution is 7.89. The minimum Gasteiger partial charge on any atom is -0.448 e. The lowest BCUT2D eigenvalue weighted by Crippen LogP contribution is -2.30. The van der Waals surface area contributed by atoms with E-state index in [1.54, 1.807) is 26.0 Å². The number of thiophene rings is 1. The number of hydrogen-bond acceptors (Lipinski definition) is 6. The molecule has 1 heterocycles. The summed E-state index contributed by atoms with van der Waals surface area (Å²) in [5.41, 5.74) is 0.401. The minimum absolute atomic E-state index is 0.0988. The van der Waals surface area contributed by atoms with Crippen LogP contribution in [0.15, 0.2) is 41.3 Å². The third-order valence-electron chi connectivity index (χ3n) is 3.42. The van der Waals surface area contributed by atoms with Crippen molar-refractivity contribution in [2.24, 2.45) is 0 Å². The molecule has 2 aromatic rings. The molecule has 0 aliphatic carbocycles. The van der Waals surface area contributed by atoms with Gasteiger partial charge < -0.3 is 10.1 Å². The monoisotopic (exact) mass is 410 g/mol. The Labute approximate surface area is 162 Å². The van der Waals surface area contributed by atoms with Crippen LogP contribution in [0.3, 0.4) is 0 Å². The van der Waals surface area contributed by atoms with Gasteiger partial charge in [0.1, 0.15) is 4.88 Å². The zero-order valence-corrected chi connectivity index (χ0v) is 17.1. The number of benzene rings is 1. The first-order valence-corrected chi connectivity index (χ1v) is 10.6. The summed E-state index contributed by atoms with van der Waals surface area (Å²) in [6.07, 6.45) is -0.995. The van der Waals surface area contributed by atoms with Crippen molar-refractivity contribution < 1.29 is 22.7 Å². The van der Waals surface area contributed by atoms with Crippen molar-refractivity contribution in [3.05, 3.63) is 46.2 Å². The van der Waals surface area contributed by atoms with E-state index >= 15 is 0 Å². The lowest BCUT2D eigenvalue weighted by atomic mass is 10.3. The standard InChI is InChI=1S/C18H22N2O5S2/c1-11(2)20-27(23,24)15-8-6-14(7-9-15)19-17(21)13(4)25-18(22)16-10-5-12(3)26-16/h5-11,13,20H,1-4H3,(H,19,21)/t13-/m1/s1. The van der Waals surface area contributed by atoms with Gasteiger partial charge in [0, 0.05) is 16.6 Å². The van der Waals surface area contributed by atoms with Crippen molar-refractivity contribution in [1.29, 1.82) is 0 Å². The van der Waals surface area contributed by atoms with E-state index in [-0.39, 0.29) is 10.9 Å². The lowest BCUT2D eigenvalue weighted by molar-refractivity contribution is -0.123. The Bertz CT molecular complexity index is 917. The lowest BCUT2D eigenvalue weighted by Gasteiger charge is -2.14. The molecule has 0 saturated carbocycles. The molecule has 1 atom stereocenters. The molecule has 0 unspecified atom stereocenters. The molecule has 2 rings (SSSR count). The van der Waals surface area contributed by atoms with Crippen LogP contribution in [0.2, 0.25) is 0 Å². The second-order valence-electron chi connectivity index (χ2n) is 6.25. The molecular weight excluding hydrogens is 388 g/mol. The van der Waals surface area contributed by atoms with Crippen LogP contribution >= 0.6 is 11.3 Å². The molecule has 9 heteroatoms. The smallest absolute Gasteiger partial charge is 0.349 e. The summed E-state index contributed by atoms with van der Waals surface area (Å²) in [4.78, 5) is 25.7. The molecule has 0 bridgehead atoms. The quantitative estimate of drug-likeness (QED) is 0.684. The Kier molecular flexibility index (Phi) is 6.74. The number of aryl methyl sites for hydroxylation is 1. The molecule has 1 aromatic carbocycles. The van der Waals surface area contributed by atoms with Crippen molar-refractivity contribution in [3.63, 3.8) is 0 Å². The first kappa shape index (κ1) is 21.1. The number of ether oxygens (including phenoxy) is 1. The van der Waals surface area contributed by atoms with Crippen LogP contribution in [-0.4, -0.2) is 32.4 Å². The number of carbonyl (C=O) groups excluding carboxylic acids is 2. The predicted molar refractivity (Wildman–Crippen MR) is 104 cm³/mol. The molecule has 0 aliphatic heterocycles. The van der Waals surface area contributed by atoms with Gasteiger partial charge in [-0.3, -0.25) is 4.79 Å². The zero-order valence-electron chi connectivity index (χ0n) is 15.5. The number of carbonyl (C=O) groups is 2. The largest absolute Gasteiger partial charge is 0.448 e. The molecule has 146 valence electrons. The van der Waals surface area contributed by atoms with Gasteiger partial charge in [-0.2, -0.15) is 0 Å². The topological polar surface area (TPSA) is 102 Å². The molecule has 1 aromatic heterocycles. The highest BCUT2D eigenvalue weighted by Gasteiger charge is 2.20. The molecule has 0 aliphatic rings. The first-order chi connectivity index (χ1) is 12.6. The molecule has 7 nitrogen and oxygen atoms in total. The maximum absolute atomic E-state index is 12.2. The summed E-state index contributed by atoms with van der Waals surface area (Å²) in [5, 5.41) is 2.60. The van der Waals surface area contributed by atoms with E-state index in [1.807, 2.05) is 6.92 Å². The van der Waals surface area contributed by atoms with Gasteiger partial charge in [-0.15, -0.1) is 11.3 Å². The third-order valence-corrected chi connectivity index (χ3v) is 6.07. The van der Waals surface area contributed by atoms with Crippen molar-refractivity contribution in [1.82, 2.24) is 4.72 Å². The van der Waals surface area contributed by atoms with Crippen molar-refractivity contribution in [2.45, 2.75) is 44.7 Å². The molecule has 0 fully saturated rings. The van der Waals surface area contributed by atoms with Crippen LogP contribution in [0.1, 0.15) is 35.3 Å². The summed E-state index contributed by atoms with van der Waals surface area (Å²) in [5.74, 6) is -1.07. The van der Waals surface area contributed by atoms with E-state index in [1.165, 1.54) is 42.5 Å². The SMILES string of the molecule is Cc1ccc(C(=O)O[C@H](C)C(=O)Nc2ccc(S(=O)(=O)NC(C)C)cc2)s1. The summed E-state index contributed by atoms with van der Waals surface area (Å²) in [6, 6.07) is 8.97. The summed E-state index contributed by atoms with van der Waals surface area (Å²) < 4.78 is 31.8. The second kappa shape index (κ2) is 8.64. The Balaban J connectivity index is 1.98. The molecule has 2 N–H and O–H groups in total. The summed E-state index contributed by atoms with van der Waals surface area (Å²) >= 11 is 1.29. The average Bonchev–Trinajstić information content (AvgIpc) is 3.00. The fourth-order valence-electron chi connectivity index (χ4n) is 2.16. The van der Waals surface area contributed by atoms with E-state index in [4.69, 9.17) is 4.74 Å². The summed E-state index contributed by atoms with van der Waals surface area (Å²) in [6.45, 7) is 6.80. The highest BCUT2D eigenvalue weighted by Crippen LogP contribution is 2.18. The maximum atomic E-state index is 12.2. The number of amides is 1. The molecule has 0 spiro atoms. The van der Waals surface area contributed by atoms with Gasteiger partial charge >= 0.3 is 5.97 Å². The van der Waals surface area contributed by atoms with Gasteiger partial charge in [-0.05, 0) is 64.1 Å². The molecule has 0 saturated heterocycles. The minimum atomic E-state index is -3.60. The second-order valence-corrected chi connectivity index (χ2v) is 9.25. The predicted octanol–water partition coefficient (Wildman–Crippen LogP) is 2.93. The molecule has 0 radical (unpaired) electrons. The van der Waals surface area contributed by atoms with Gasteiger partial charge in [0.25, 0.3) is 5.91 Å². The summed E-state index contributed by atoms with van der Waals surface area (Å²) in [7, 11) is -3.60. The van der Waals surface area contributed by atoms with Crippen LogP contribution in [0.4, 0.5) is 5.69 Å². The third kappa shape index (κ3) is 5.88. The van der Waals surface area contributed by atoms with E-state index < -0.39 is 28.0 Å². The number of rotatable bonds is 7. The number of hydrogen-bond donors (Lipinski definition) is 2. The van der Waals surface area contributed by atoms with Crippen LogP contribution < -0.4 is 10.0 Å². The average molecular weight is 411 g/mol. The maximum Gasteiger partial charge on any atom is 0.349 e. The number of sulfonamides is 1. The van der Waals surface area contributed by atoms with Gasteiger partial charge in [-0.1, -0.05) is 0 Å². The Hall–Kier alpha value is -2.23. The number of esters is 1. The van der Waals surface area contributed by atoms with Crippen LogP contribution in [-0.2, 0) is 19.6 Å². The van der Waals surface area contributed by atoms with Crippen LogP contribution in [0, 0.1) is 6.92 Å². The zero-order chi connectivity index (χ0) is 20.2. The van der Waals surface area contributed by atoms with Crippen molar-refractivity contribution >= 4 is 38.9 Å². The van der Waals surface area contributed by atoms with E-state index in [0.717, 1.165) is 4.88 Å². The Morgan fingerprint density at radius 3 is 2.19 bits per heavy atom. The van der Waals surface area contributed by atoms with Crippen LogP contribution in [0.5, 0.6) is 0 Å². The highest BCUT2D eigenvalue weighted by atomic mass is 32.2. The normalized spacial score (nSPS) is 12.6. The molecule has 27 heavy (non-hydrogen) atoms. The first-order valence-electron chi connectivity index (χ1n) is 8.29. The molecular formula is C18H22N2O5S2. The van der Waals surface area contributed by atoms with Gasteiger partial charge in [0.2, 0.25) is 10.0 Å². The van der Waals surface area contributed by atoms with Gasteiger partial charge in [0.05, 0.1) is 4.90 Å². The number of anilines is 1. The van der Waals surface area contributed by atoms with Crippen molar-refractivity contribution in [3.8, 4) is 0 Å². The number of nitrogens with one attached hydrogen (secondary N) is 2. The van der Waals surface area contributed by atoms with Gasteiger partial charge in [0.15, 0.2) is 6.10 Å². The van der Waals surface area contributed by atoms with E-state index in [0.29, 0.717) is 10.6 Å². The molecule has 1 amide bonds. The van der Waals surface area contributed by atoms with Crippen LogP contribution in [0.25, 0.3) is 0 Å². The van der Waals surface area contributed by atoms with Gasteiger partial charge in [-0.25, -0.2) is 17.9 Å². The van der Waals surface area contributed by atoms with Crippen molar-refractivity contribution in [2.75, 3.05) is 5.32 Å². The van der Waals surface area contributed by atoms with E-state index in [2.05, 4.69) is 10.0 Å². The fourth-order valence-corrected chi connectivity index (χ4v) is 4.16. The Morgan fingerprint density at radius 1 is 1.04 bits per heavy atom.